The summed E-state index contributed by atoms with van der Waals surface area (Å²) in [6.07, 6.45) is 5.47. The molecule has 1 atom stereocenters. The van der Waals surface area contributed by atoms with Crippen LogP contribution in [-0.2, 0) is 32.6 Å². The molecular formula is C21H27N5O4. The third kappa shape index (κ3) is 5.22. The van der Waals surface area contributed by atoms with Gasteiger partial charge in [-0.1, -0.05) is 19.8 Å². The van der Waals surface area contributed by atoms with Gasteiger partial charge in [-0.05, 0) is 30.5 Å². The molecular weight excluding hydrogens is 386 g/mol. The summed E-state index contributed by atoms with van der Waals surface area (Å²) in [5.41, 5.74) is 2.75. The zero-order valence-electron chi connectivity index (χ0n) is 17.3. The number of nitrogens with one attached hydrogen (secondary N) is 3. The van der Waals surface area contributed by atoms with E-state index < -0.39 is 11.9 Å². The molecule has 30 heavy (non-hydrogen) atoms. The molecule has 1 aliphatic heterocycles. The van der Waals surface area contributed by atoms with Crippen LogP contribution in [0.2, 0.25) is 0 Å². The first-order chi connectivity index (χ1) is 14.4. The van der Waals surface area contributed by atoms with Gasteiger partial charge in [0.2, 0.25) is 23.6 Å². The molecule has 0 spiro atoms. The van der Waals surface area contributed by atoms with Crippen LogP contribution in [0.4, 0.5) is 5.69 Å². The Morgan fingerprint density at radius 1 is 1.23 bits per heavy atom. The van der Waals surface area contributed by atoms with Crippen molar-refractivity contribution in [1.29, 1.82) is 0 Å². The monoisotopic (exact) mass is 413 g/mol. The van der Waals surface area contributed by atoms with E-state index in [2.05, 4.69) is 27.9 Å². The van der Waals surface area contributed by atoms with Crippen molar-refractivity contribution < 1.29 is 19.2 Å². The van der Waals surface area contributed by atoms with E-state index in [0.29, 0.717) is 23.2 Å². The topological polar surface area (TPSA) is 122 Å². The van der Waals surface area contributed by atoms with Gasteiger partial charge in [0.05, 0.1) is 23.8 Å². The van der Waals surface area contributed by atoms with E-state index in [4.69, 9.17) is 0 Å². The van der Waals surface area contributed by atoms with Gasteiger partial charge in [-0.25, -0.2) is 4.98 Å². The number of rotatable bonds is 8. The smallest absolute Gasteiger partial charge is 0.249 e. The number of aromatic nitrogens is 2. The van der Waals surface area contributed by atoms with E-state index in [9.17, 15) is 19.2 Å². The van der Waals surface area contributed by atoms with Crippen LogP contribution in [-0.4, -0.2) is 39.2 Å². The first-order valence-electron chi connectivity index (χ1n) is 10.2. The Morgan fingerprint density at radius 3 is 2.77 bits per heavy atom. The number of hydrogen-bond donors (Lipinski definition) is 3. The fourth-order valence-electron chi connectivity index (χ4n) is 3.61. The summed E-state index contributed by atoms with van der Waals surface area (Å²) in [5, 5.41) is 7.81. The third-order valence-corrected chi connectivity index (χ3v) is 5.11. The molecule has 0 aliphatic carbocycles. The predicted octanol–water partition coefficient (Wildman–Crippen LogP) is 1.56. The van der Waals surface area contributed by atoms with Gasteiger partial charge in [0.1, 0.15) is 6.04 Å². The molecule has 3 N–H and O–H groups in total. The first-order valence-corrected chi connectivity index (χ1v) is 10.2. The van der Waals surface area contributed by atoms with Crippen LogP contribution < -0.4 is 16.0 Å². The Labute approximate surface area is 174 Å². The summed E-state index contributed by atoms with van der Waals surface area (Å²) < 4.78 is 1.82. The van der Waals surface area contributed by atoms with Crippen LogP contribution in [0.3, 0.4) is 0 Å². The van der Waals surface area contributed by atoms with Crippen LogP contribution in [0.1, 0.15) is 51.0 Å². The number of unbranched alkanes of at least 4 members (excludes halogenated alkanes) is 2. The van der Waals surface area contributed by atoms with E-state index in [-0.39, 0.29) is 37.0 Å². The summed E-state index contributed by atoms with van der Waals surface area (Å²) in [4.78, 5) is 52.3. The number of hydrogen-bond acceptors (Lipinski definition) is 5. The van der Waals surface area contributed by atoms with Crippen LogP contribution in [0, 0.1) is 0 Å². The second kappa shape index (κ2) is 9.51. The van der Waals surface area contributed by atoms with Gasteiger partial charge in [0.25, 0.3) is 0 Å². The van der Waals surface area contributed by atoms with Gasteiger partial charge in [0.15, 0.2) is 0 Å². The van der Waals surface area contributed by atoms with Crippen LogP contribution in [0.5, 0.6) is 0 Å². The van der Waals surface area contributed by atoms with Gasteiger partial charge < -0.3 is 15.2 Å². The number of amides is 4. The number of carbonyl (C=O) groups is 4. The number of benzene rings is 1. The quantitative estimate of drug-likeness (QED) is 0.448. The standard InChI is InChI=1S/C21H27N5O4/c1-3-4-5-6-17(27)23-14-9-13(20-16(11-14)22-12-26(20)2)10-19(29)24-15-7-8-18(28)25-21(15)30/h9,11-12,15H,3-8,10H2,1-2H3,(H,23,27)(H,24,29)(H,25,28,30). The molecule has 0 radical (unpaired) electrons. The van der Waals surface area contributed by atoms with Crippen molar-refractivity contribution in [2.75, 3.05) is 5.32 Å². The lowest BCUT2D eigenvalue weighted by Crippen LogP contribution is -2.52. The third-order valence-electron chi connectivity index (χ3n) is 5.11. The van der Waals surface area contributed by atoms with Crippen LogP contribution >= 0.6 is 0 Å². The molecule has 1 fully saturated rings. The molecule has 1 aliphatic rings. The summed E-state index contributed by atoms with van der Waals surface area (Å²) in [6, 6.07) is 2.83. The Bertz CT molecular complexity index is 981. The molecule has 4 amide bonds. The highest BCUT2D eigenvalue weighted by molar-refractivity contribution is 6.02. The minimum Gasteiger partial charge on any atom is -0.344 e. The minimum absolute atomic E-state index is 0.0211. The Kier molecular flexibility index (Phi) is 6.81. The molecule has 1 aromatic heterocycles. The summed E-state index contributed by atoms with van der Waals surface area (Å²) in [5.74, 6) is -1.22. The number of anilines is 1. The molecule has 1 aromatic carbocycles. The highest BCUT2D eigenvalue weighted by atomic mass is 16.2. The van der Waals surface area contributed by atoms with Crippen LogP contribution in [0.15, 0.2) is 18.5 Å². The van der Waals surface area contributed by atoms with Crippen LogP contribution in [0.25, 0.3) is 11.0 Å². The predicted molar refractivity (Wildman–Crippen MR) is 112 cm³/mol. The molecule has 0 bridgehead atoms. The Balaban J connectivity index is 1.74. The van der Waals surface area contributed by atoms with Crippen molar-refractivity contribution in [2.24, 2.45) is 7.05 Å². The normalized spacial score (nSPS) is 16.4. The number of nitrogens with zero attached hydrogens (tertiary/aromatic N) is 2. The van der Waals surface area contributed by atoms with Crippen molar-refractivity contribution in [3.8, 4) is 0 Å². The molecule has 9 heteroatoms. The average molecular weight is 413 g/mol. The van der Waals surface area contributed by atoms with E-state index in [0.717, 1.165) is 24.8 Å². The number of imide groups is 1. The number of imidazole rings is 1. The lowest BCUT2D eigenvalue weighted by Gasteiger charge is -2.22. The maximum absolute atomic E-state index is 12.6. The summed E-state index contributed by atoms with van der Waals surface area (Å²) >= 11 is 0. The maximum Gasteiger partial charge on any atom is 0.249 e. The van der Waals surface area contributed by atoms with E-state index in [1.165, 1.54) is 0 Å². The number of fused-ring (bicyclic) bond motifs is 1. The largest absolute Gasteiger partial charge is 0.344 e. The van der Waals surface area contributed by atoms with Crippen molar-refractivity contribution >= 4 is 40.3 Å². The zero-order valence-corrected chi connectivity index (χ0v) is 17.3. The molecule has 1 unspecified atom stereocenters. The molecule has 1 saturated heterocycles. The number of carbonyl (C=O) groups excluding carboxylic acids is 4. The molecule has 0 saturated carbocycles. The minimum atomic E-state index is -0.723. The van der Waals surface area contributed by atoms with Crippen molar-refractivity contribution in [3.05, 3.63) is 24.0 Å². The van der Waals surface area contributed by atoms with Crippen molar-refractivity contribution in [2.45, 2.75) is 57.9 Å². The molecule has 2 heterocycles. The SMILES string of the molecule is CCCCCC(=O)Nc1cc(CC(=O)NC2CCC(=O)NC2=O)c2c(c1)ncn2C. The Morgan fingerprint density at radius 2 is 2.03 bits per heavy atom. The molecule has 160 valence electrons. The lowest BCUT2D eigenvalue weighted by atomic mass is 10.0. The first kappa shape index (κ1) is 21.5. The molecule has 3 rings (SSSR count). The fourth-order valence-corrected chi connectivity index (χ4v) is 3.61. The van der Waals surface area contributed by atoms with Crippen molar-refractivity contribution in [3.63, 3.8) is 0 Å². The van der Waals surface area contributed by atoms with Gasteiger partial charge >= 0.3 is 0 Å². The maximum atomic E-state index is 12.6. The van der Waals surface area contributed by atoms with E-state index in [1.807, 2.05) is 11.6 Å². The highest BCUT2D eigenvalue weighted by Crippen LogP contribution is 2.24. The summed E-state index contributed by atoms with van der Waals surface area (Å²) in [7, 11) is 1.83. The second-order valence-electron chi connectivity index (χ2n) is 7.61. The lowest BCUT2D eigenvalue weighted by molar-refractivity contribution is -0.137. The molecule has 9 nitrogen and oxygen atoms in total. The average Bonchev–Trinajstić information content (AvgIpc) is 3.05. The van der Waals surface area contributed by atoms with E-state index in [1.54, 1.807) is 18.5 Å². The van der Waals surface area contributed by atoms with Gasteiger partial charge in [-0.15, -0.1) is 0 Å². The molecule has 2 aromatic rings. The van der Waals surface area contributed by atoms with Crippen molar-refractivity contribution in [1.82, 2.24) is 20.2 Å². The van der Waals surface area contributed by atoms with Gasteiger partial charge in [-0.3, -0.25) is 24.5 Å². The zero-order chi connectivity index (χ0) is 21.7. The highest BCUT2D eigenvalue weighted by Gasteiger charge is 2.28. The number of aryl methyl sites for hydroxylation is 1. The second-order valence-corrected chi connectivity index (χ2v) is 7.61. The fraction of sp³-hybridized carbons (Fsp3) is 0.476. The number of piperidine rings is 1. The summed E-state index contributed by atoms with van der Waals surface area (Å²) in [6.45, 7) is 2.08. The van der Waals surface area contributed by atoms with Gasteiger partial charge in [-0.2, -0.15) is 0 Å². The van der Waals surface area contributed by atoms with E-state index >= 15 is 0 Å². The Hall–Kier alpha value is -3.23. The van der Waals surface area contributed by atoms with Gasteiger partial charge in [0, 0.05) is 25.6 Å².